The maximum atomic E-state index is 16.0. The molecule has 3 fully saturated rings. The van der Waals surface area contributed by atoms with Crippen molar-refractivity contribution in [2.75, 3.05) is 72.3 Å². The quantitative estimate of drug-likeness (QED) is 0.0133. The van der Waals surface area contributed by atoms with Crippen LogP contribution in [0.1, 0.15) is 132 Å². The van der Waals surface area contributed by atoms with E-state index >= 15 is 9.59 Å². The summed E-state index contributed by atoms with van der Waals surface area (Å²) in [6, 6.07) is 21.6. The number of rotatable bonds is 39. The van der Waals surface area contributed by atoms with Crippen LogP contribution >= 0.6 is 0 Å². The maximum Gasteiger partial charge on any atom is 0.509 e. The second-order valence-electron chi connectivity index (χ2n) is 29.4. The van der Waals surface area contributed by atoms with Crippen LogP contribution in [-0.2, 0) is 111 Å². The summed E-state index contributed by atoms with van der Waals surface area (Å²) in [6.45, 7) is 9.93. The summed E-state index contributed by atoms with van der Waals surface area (Å²) in [5.41, 5.74) is -2.61. The number of methoxy groups -OCH3 is 2. The van der Waals surface area contributed by atoms with E-state index in [1.807, 2.05) is 0 Å². The molecule has 628 valence electrons. The lowest BCUT2D eigenvalue weighted by Gasteiger charge is -2.67. The molecule has 8 rings (SSSR count). The molecule has 8 amide bonds. The second-order valence-corrected chi connectivity index (χ2v) is 29.4. The molecule has 1 unspecified atom stereocenters. The van der Waals surface area contributed by atoms with E-state index in [0.29, 0.717) is 19.4 Å². The fraction of sp³-hybridized carbons (Fsp3) is 0.506. The van der Waals surface area contributed by atoms with Crippen molar-refractivity contribution in [3.8, 4) is 0 Å². The lowest BCUT2D eigenvalue weighted by Crippen LogP contribution is -2.82. The zero-order chi connectivity index (χ0) is 84.8. The van der Waals surface area contributed by atoms with Crippen LogP contribution < -0.4 is 43.0 Å². The molecular weight excluding hydrogens is 1520 g/mol. The third-order valence-corrected chi connectivity index (χ3v) is 21.0. The average Bonchev–Trinajstić information content (AvgIpc) is 0.668. The first-order valence-corrected chi connectivity index (χ1v) is 37.7. The van der Waals surface area contributed by atoms with Crippen LogP contribution in [0.3, 0.4) is 0 Å². The fourth-order valence-corrected chi connectivity index (χ4v) is 14.8. The summed E-state index contributed by atoms with van der Waals surface area (Å²) in [7, 11) is 2.95. The van der Waals surface area contributed by atoms with E-state index in [2.05, 4.69) is 37.2 Å². The first-order valence-electron chi connectivity index (χ1n) is 37.7. The summed E-state index contributed by atoms with van der Waals surface area (Å²) >= 11 is 0. The normalized spacial score (nSPS) is 23.2. The maximum absolute atomic E-state index is 16.0. The van der Waals surface area contributed by atoms with E-state index in [1.54, 1.807) is 54.6 Å². The van der Waals surface area contributed by atoms with Crippen LogP contribution in [0, 0.1) is 16.7 Å². The molecule has 35 nitrogen and oxygen atoms in total. The minimum atomic E-state index is -2.60. The van der Waals surface area contributed by atoms with Gasteiger partial charge in [0.05, 0.1) is 62.5 Å². The highest BCUT2D eigenvalue weighted by molar-refractivity contribution is 6.01. The van der Waals surface area contributed by atoms with Gasteiger partial charge in [-0.05, 0) is 106 Å². The molecule has 11 N–H and O–H groups in total. The van der Waals surface area contributed by atoms with E-state index in [9.17, 15) is 67.7 Å². The number of aliphatic hydroxyl groups is 2. The van der Waals surface area contributed by atoms with Crippen molar-refractivity contribution in [1.82, 2.24) is 31.9 Å². The number of ether oxygens (including phenoxy) is 11. The Hall–Kier alpha value is -11.1. The van der Waals surface area contributed by atoms with Crippen molar-refractivity contribution in [1.29, 1.82) is 0 Å². The van der Waals surface area contributed by atoms with Crippen LogP contribution in [0.5, 0.6) is 0 Å². The molecule has 1 aliphatic heterocycles. The standard InChI is InChI=1S/C81H102N8O27/c1-45-57(40-81(105)69(115-75(102)53-26-18-13-19-27-53)67-79(8,58(92)39-59-80(67,44-111-59)116-49(5)91)68(96)65(112-48(4)90)63(45)78(81,6)7)113-76(103)66(64(51-22-14-11-15-23-51)89-72(99)52-24-16-12-17-25-52)114-77(104)110-41-50-29-31-54(32-30-50)86-74(101)56(38-60(82)93)88-71(98)47(3)84-70(97)46(2)85-73(100)55(87-62(95)43-109-37-35-107-10)28-20-21-33-83-61(94)42-108-36-34-106-9/h11-19,22-27,29-32,46-47,55-59,64-67,69,92,105H,20-21,28,33-44H2,1-10H3,(H2,82,93)(H,83,94)(H,84,97)(H,85,100)(H,86,101)(H,87,95)(H,88,98)(H,89,99)/t46-,47-,55+,56-,57+,58+,59?,64+,65-,66-,67+,69+,79-,80+,81-/m1/s1. The Morgan fingerprint density at radius 1 is 0.655 bits per heavy atom. The highest BCUT2D eigenvalue weighted by Crippen LogP contribution is 2.64. The SMILES string of the molecule is COCCOCC(=O)NCCCC[C@H](NC(=O)COCCOC)C(=O)N[C@H](C)C(=O)N[C@H](C)C(=O)N[C@H](CC(N)=O)C(=O)Nc1ccc(COC(=O)O[C@@H](C(=O)O[C@H]2C[C@@]3(O)[C@@H](OC(=O)c4ccccc4)[C@H]4[C@](C)(C(=O)[C@H](OC(C)=O)C(=C2C)C3(C)C)[C@@H](O)CC2OC[C@]24OC(C)=O)[C@@H](NC(=O)c2ccccc2)c2ccccc2)cc1. The molecule has 0 spiro atoms. The summed E-state index contributed by atoms with van der Waals surface area (Å²) in [5, 5.41) is 44.5. The number of carbonyl (C=O) groups is 14. The number of nitrogens with one attached hydrogen (secondary N) is 7. The number of nitrogens with two attached hydrogens (primary N) is 1. The zero-order valence-corrected chi connectivity index (χ0v) is 66.2. The number of hydrogen-bond donors (Lipinski definition) is 10. The molecule has 0 radical (unpaired) electrons. The number of carbonyl (C=O) groups excluding carboxylic acids is 14. The van der Waals surface area contributed by atoms with Crippen molar-refractivity contribution in [2.45, 2.75) is 179 Å². The minimum Gasteiger partial charge on any atom is -0.455 e. The van der Waals surface area contributed by atoms with Gasteiger partial charge in [-0.3, -0.25) is 52.7 Å². The Bertz CT molecular complexity index is 4230. The molecule has 4 aromatic carbocycles. The molecule has 1 heterocycles. The third kappa shape index (κ3) is 22.3. The van der Waals surface area contributed by atoms with Gasteiger partial charge in [-0.15, -0.1) is 0 Å². The molecule has 1 saturated heterocycles. The number of anilines is 1. The fourth-order valence-electron chi connectivity index (χ4n) is 14.8. The van der Waals surface area contributed by atoms with Crippen molar-refractivity contribution in [2.24, 2.45) is 22.5 Å². The molecule has 2 bridgehead atoms. The molecular formula is C81H102N8O27. The van der Waals surface area contributed by atoms with E-state index < -0.39 is 205 Å². The van der Waals surface area contributed by atoms with Gasteiger partial charge >= 0.3 is 30.0 Å². The summed E-state index contributed by atoms with van der Waals surface area (Å²) < 4.78 is 62.9. The summed E-state index contributed by atoms with van der Waals surface area (Å²) in [6.07, 6.45) is -13.3. The Balaban J connectivity index is 0.997. The van der Waals surface area contributed by atoms with Gasteiger partial charge in [-0.25, -0.2) is 14.4 Å². The van der Waals surface area contributed by atoms with Gasteiger partial charge in [0.1, 0.15) is 73.9 Å². The second kappa shape index (κ2) is 41.0. The third-order valence-electron chi connectivity index (χ3n) is 21.0. The number of primary amides is 1. The van der Waals surface area contributed by atoms with Gasteiger partial charge in [0, 0.05) is 64.1 Å². The Kier molecular flexibility index (Phi) is 31.9. The first kappa shape index (κ1) is 90.5. The van der Waals surface area contributed by atoms with Gasteiger partial charge in [0.2, 0.25) is 47.5 Å². The highest BCUT2D eigenvalue weighted by Gasteiger charge is 2.78. The largest absolute Gasteiger partial charge is 0.509 e. The van der Waals surface area contributed by atoms with Crippen molar-refractivity contribution >= 4 is 88.8 Å². The molecule has 0 aromatic heterocycles. The Morgan fingerprint density at radius 3 is 1.82 bits per heavy atom. The van der Waals surface area contributed by atoms with Gasteiger partial charge in [0.15, 0.2) is 17.5 Å². The Labute approximate surface area is 669 Å². The van der Waals surface area contributed by atoms with Gasteiger partial charge in [-0.1, -0.05) is 92.7 Å². The van der Waals surface area contributed by atoms with E-state index in [-0.39, 0.29) is 90.8 Å². The summed E-state index contributed by atoms with van der Waals surface area (Å²) in [4.78, 5) is 194. The van der Waals surface area contributed by atoms with Gasteiger partial charge < -0.3 is 105 Å². The molecule has 4 aromatic rings. The van der Waals surface area contributed by atoms with Crippen LogP contribution in [0.2, 0.25) is 0 Å². The highest BCUT2D eigenvalue weighted by atomic mass is 16.7. The number of benzene rings is 4. The molecule has 116 heavy (non-hydrogen) atoms. The first-order chi connectivity index (χ1) is 55.1. The summed E-state index contributed by atoms with van der Waals surface area (Å²) in [5.74, 6) is -13.3. The topological polar surface area (TPSA) is 491 Å². The van der Waals surface area contributed by atoms with Crippen molar-refractivity contribution in [3.63, 3.8) is 0 Å². The van der Waals surface area contributed by atoms with E-state index in [4.69, 9.17) is 57.8 Å². The number of hydrogen-bond acceptors (Lipinski definition) is 27. The van der Waals surface area contributed by atoms with Crippen LogP contribution in [0.15, 0.2) is 126 Å². The zero-order valence-electron chi connectivity index (χ0n) is 66.2. The number of aliphatic hydroxyl groups excluding tert-OH is 1. The number of ketones is 1. The van der Waals surface area contributed by atoms with Crippen LogP contribution in [-0.4, -0.2) is 232 Å². The number of esters is 4. The number of Topliss-reactive ketones (excluding diaryl/α,β-unsaturated/α-hetero) is 1. The average molecular weight is 1620 g/mol. The smallest absolute Gasteiger partial charge is 0.455 e. The van der Waals surface area contributed by atoms with E-state index in [1.165, 1.54) is 116 Å². The van der Waals surface area contributed by atoms with Gasteiger partial charge in [0.25, 0.3) is 5.91 Å². The molecule has 4 aliphatic rings. The van der Waals surface area contributed by atoms with Crippen molar-refractivity contribution in [3.05, 3.63) is 149 Å². The molecule has 35 heteroatoms. The molecule has 2 saturated carbocycles. The van der Waals surface area contributed by atoms with E-state index in [0.717, 1.165) is 13.8 Å². The predicted molar refractivity (Wildman–Crippen MR) is 407 cm³/mol. The van der Waals surface area contributed by atoms with Gasteiger partial charge in [-0.2, -0.15) is 0 Å². The number of fused-ring (bicyclic) bond motifs is 5. The lowest BCUT2D eigenvalue weighted by atomic mass is 9.44. The number of amides is 8. The van der Waals surface area contributed by atoms with Crippen LogP contribution in [0.4, 0.5) is 10.5 Å². The van der Waals surface area contributed by atoms with Crippen LogP contribution in [0.25, 0.3) is 0 Å². The minimum absolute atomic E-state index is 0.0156. The molecule has 3 aliphatic carbocycles. The molecule has 15 atom stereocenters. The monoisotopic (exact) mass is 1620 g/mol. The number of unbranched alkanes of at least 4 members (excludes halogenated alkanes) is 1. The Morgan fingerprint density at radius 2 is 1.24 bits per heavy atom. The lowest BCUT2D eigenvalue weighted by molar-refractivity contribution is -0.346. The predicted octanol–water partition coefficient (Wildman–Crippen LogP) is 2.50. The van der Waals surface area contributed by atoms with Crippen molar-refractivity contribution < 1.29 is 129 Å².